The van der Waals surface area contributed by atoms with Gasteiger partial charge in [-0.25, -0.2) is 0 Å². The normalized spacial score (nSPS) is 10.7. The fourth-order valence-corrected chi connectivity index (χ4v) is 2.72. The molecule has 2 rings (SSSR count). The molecule has 2 aromatic rings. The Morgan fingerprint density at radius 1 is 0.810 bits per heavy atom. The maximum Gasteiger partial charge on any atom is 0.203 e. The standard InChI is InChI=1S/C16H18O4S/c1-17-12-7-8-21-15(12)6-5-11-9-13(18-2)16(20-4)14(10-11)19-3/h5-10H,1-4H3/b6-5-. The number of thiophene rings is 1. The molecular weight excluding hydrogens is 288 g/mol. The largest absolute Gasteiger partial charge is 0.495 e. The van der Waals surface area contributed by atoms with Crippen LogP contribution >= 0.6 is 11.3 Å². The van der Waals surface area contributed by atoms with Crippen molar-refractivity contribution in [2.24, 2.45) is 0 Å². The van der Waals surface area contributed by atoms with Crippen molar-refractivity contribution in [3.8, 4) is 23.0 Å². The minimum atomic E-state index is 0.589. The van der Waals surface area contributed by atoms with E-state index in [0.29, 0.717) is 17.2 Å². The zero-order chi connectivity index (χ0) is 15.2. The Morgan fingerprint density at radius 2 is 1.43 bits per heavy atom. The number of hydrogen-bond acceptors (Lipinski definition) is 5. The van der Waals surface area contributed by atoms with Crippen molar-refractivity contribution in [2.75, 3.05) is 28.4 Å². The number of benzene rings is 1. The molecule has 1 heterocycles. The van der Waals surface area contributed by atoms with E-state index in [1.807, 2.05) is 35.7 Å². The smallest absolute Gasteiger partial charge is 0.203 e. The summed E-state index contributed by atoms with van der Waals surface area (Å²) in [6, 6.07) is 5.75. The number of methoxy groups -OCH3 is 4. The van der Waals surface area contributed by atoms with E-state index in [1.54, 1.807) is 39.8 Å². The number of hydrogen-bond donors (Lipinski definition) is 0. The minimum absolute atomic E-state index is 0.589. The van der Waals surface area contributed by atoms with E-state index in [-0.39, 0.29) is 0 Å². The highest BCUT2D eigenvalue weighted by Crippen LogP contribution is 2.38. The lowest BCUT2D eigenvalue weighted by atomic mass is 10.1. The molecule has 4 nitrogen and oxygen atoms in total. The van der Waals surface area contributed by atoms with Gasteiger partial charge < -0.3 is 18.9 Å². The highest BCUT2D eigenvalue weighted by molar-refractivity contribution is 7.11. The van der Waals surface area contributed by atoms with Gasteiger partial charge in [-0.15, -0.1) is 11.3 Å². The number of rotatable bonds is 6. The van der Waals surface area contributed by atoms with Crippen molar-refractivity contribution in [1.82, 2.24) is 0 Å². The second kappa shape index (κ2) is 7.04. The first-order valence-electron chi connectivity index (χ1n) is 6.33. The molecule has 0 saturated heterocycles. The average molecular weight is 306 g/mol. The lowest BCUT2D eigenvalue weighted by Crippen LogP contribution is -1.95. The SMILES string of the molecule is COc1ccsc1/C=C\c1cc(OC)c(OC)c(OC)c1. The highest BCUT2D eigenvalue weighted by atomic mass is 32.1. The molecule has 0 aliphatic heterocycles. The number of ether oxygens (including phenoxy) is 4. The van der Waals surface area contributed by atoms with E-state index >= 15 is 0 Å². The lowest BCUT2D eigenvalue weighted by Gasteiger charge is -2.12. The van der Waals surface area contributed by atoms with Gasteiger partial charge in [0.15, 0.2) is 11.5 Å². The van der Waals surface area contributed by atoms with Crippen LogP contribution in [-0.4, -0.2) is 28.4 Å². The molecule has 0 spiro atoms. The van der Waals surface area contributed by atoms with E-state index in [2.05, 4.69) is 0 Å². The molecule has 0 bridgehead atoms. The van der Waals surface area contributed by atoms with Crippen molar-refractivity contribution >= 4 is 23.5 Å². The molecule has 0 unspecified atom stereocenters. The van der Waals surface area contributed by atoms with E-state index < -0.39 is 0 Å². The molecule has 5 heteroatoms. The second-order valence-corrected chi connectivity index (χ2v) is 5.09. The molecule has 0 saturated carbocycles. The van der Waals surface area contributed by atoms with E-state index in [4.69, 9.17) is 18.9 Å². The topological polar surface area (TPSA) is 36.9 Å². The predicted octanol–water partition coefficient (Wildman–Crippen LogP) is 3.95. The van der Waals surface area contributed by atoms with Gasteiger partial charge >= 0.3 is 0 Å². The fourth-order valence-electron chi connectivity index (χ4n) is 1.97. The summed E-state index contributed by atoms with van der Waals surface area (Å²) in [6.45, 7) is 0. The van der Waals surface area contributed by atoms with Crippen molar-refractivity contribution in [1.29, 1.82) is 0 Å². The summed E-state index contributed by atoms with van der Waals surface area (Å²) < 4.78 is 21.3. The summed E-state index contributed by atoms with van der Waals surface area (Å²) in [7, 11) is 6.46. The predicted molar refractivity (Wildman–Crippen MR) is 85.9 cm³/mol. The zero-order valence-corrected chi connectivity index (χ0v) is 13.3. The maximum absolute atomic E-state index is 5.34. The van der Waals surface area contributed by atoms with Crippen LogP contribution in [0.3, 0.4) is 0 Å². The van der Waals surface area contributed by atoms with Crippen molar-refractivity contribution in [2.45, 2.75) is 0 Å². The molecule has 0 radical (unpaired) electrons. The Labute approximate surface area is 128 Å². The Balaban J connectivity index is 2.36. The Kier molecular flexibility index (Phi) is 5.11. The Hall–Kier alpha value is -2.14. The molecule has 0 aliphatic rings. The van der Waals surface area contributed by atoms with Crippen LogP contribution in [0.2, 0.25) is 0 Å². The van der Waals surface area contributed by atoms with Gasteiger partial charge in [0.2, 0.25) is 5.75 Å². The van der Waals surface area contributed by atoms with Crippen molar-refractivity contribution in [3.63, 3.8) is 0 Å². The van der Waals surface area contributed by atoms with Gasteiger partial charge in [-0.3, -0.25) is 0 Å². The molecular formula is C16H18O4S. The van der Waals surface area contributed by atoms with Crippen LogP contribution in [0.1, 0.15) is 10.4 Å². The van der Waals surface area contributed by atoms with E-state index in [9.17, 15) is 0 Å². The van der Waals surface area contributed by atoms with Crippen LogP contribution in [0.4, 0.5) is 0 Å². The van der Waals surface area contributed by atoms with E-state index in [0.717, 1.165) is 16.2 Å². The van der Waals surface area contributed by atoms with Gasteiger partial charge in [-0.05, 0) is 35.2 Å². The minimum Gasteiger partial charge on any atom is -0.495 e. The van der Waals surface area contributed by atoms with Crippen LogP contribution in [0, 0.1) is 0 Å². The lowest BCUT2D eigenvalue weighted by molar-refractivity contribution is 0.324. The second-order valence-electron chi connectivity index (χ2n) is 4.15. The summed E-state index contributed by atoms with van der Waals surface area (Å²) in [5.41, 5.74) is 0.958. The molecule has 1 aromatic carbocycles. The Morgan fingerprint density at radius 3 is 1.95 bits per heavy atom. The first-order chi connectivity index (χ1) is 10.2. The zero-order valence-electron chi connectivity index (χ0n) is 12.5. The summed E-state index contributed by atoms with van der Waals surface area (Å²) in [4.78, 5) is 1.06. The highest BCUT2D eigenvalue weighted by Gasteiger charge is 2.12. The first kappa shape index (κ1) is 15.3. The first-order valence-corrected chi connectivity index (χ1v) is 7.21. The molecule has 0 fully saturated rings. The van der Waals surface area contributed by atoms with Crippen molar-refractivity contribution in [3.05, 3.63) is 34.0 Å². The molecule has 0 atom stereocenters. The van der Waals surface area contributed by atoms with Gasteiger partial charge in [0, 0.05) is 0 Å². The van der Waals surface area contributed by atoms with Gasteiger partial charge in [-0.2, -0.15) is 0 Å². The molecule has 1 aromatic heterocycles. The molecule has 21 heavy (non-hydrogen) atoms. The van der Waals surface area contributed by atoms with Crippen LogP contribution < -0.4 is 18.9 Å². The summed E-state index contributed by atoms with van der Waals surface area (Å²) >= 11 is 1.62. The van der Waals surface area contributed by atoms with Gasteiger partial charge in [0.05, 0.1) is 33.3 Å². The fraction of sp³-hybridized carbons (Fsp3) is 0.250. The summed E-state index contributed by atoms with van der Waals surface area (Å²) in [6.07, 6.45) is 3.99. The van der Waals surface area contributed by atoms with Gasteiger partial charge in [0.25, 0.3) is 0 Å². The third kappa shape index (κ3) is 3.31. The third-order valence-corrected chi connectivity index (χ3v) is 3.85. The van der Waals surface area contributed by atoms with Crippen molar-refractivity contribution < 1.29 is 18.9 Å². The van der Waals surface area contributed by atoms with Crippen LogP contribution in [0.5, 0.6) is 23.0 Å². The molecule has 0 amide bonds. The molecule has 112 valence electrons. The Bertz CT molecular complexity index is 606. The van der Waals surface area contributed by atoms with Gasteiger partial charge in [0.1, 0.15) is 5.75 Å². The maximum atomic E-state index is 5.34. The third-order valence-electron chi connectivity index (χ3n) is 2.99. The average Bonchev–Trinajstić information content (AvgIpc) is 2.99. The van der Waals surface area contributed by atoms with Crippen LogP contribution in [-0.2, 0) is 0 Å². The van der Waals surface area contributed by atoms with Gasteiger partial charge in [-0.1, -0.05) is 6.08 Å². The van der Waals surface area contributed by atoms with Crippen LogP contribution in [0.25, 0.3) is 12.2 Å². The van der Waals surface area contributed by atoms with Crippen LogP contribution in [0.15, 0.2) is 23.6 Å². The molecule has 0 aliphatic carbocycles. The molecule has 0 N–H and O–H groups in total. The van der Waals surface area contributed by atoms with E-state index in [1.165, 1.54) is 0 Å². The summed E-state index contributed by atoms with van der Waals surface area (Å²) in [5.74, 6) is 2.72. The monoisotopic (exact) mass is 306 g/mol. The quantitative estimate of drug-likeness (QED) is 0.809. The summed E-state index contributed by atoms with van der Waals surface area (Å²) in [5, 5.41) is 1.99.